The van der Waals surface area contributed by atoms with E-state index < -0.39 is 0 Å². The van der Waals surface area contributed by atoms with E-state index in [9.17, 15) is 4.79 Å². The summed E-state index contributed by atoms with van der Waals surface area (Å²) in [7, 11) is 3.11. The molecule has 1 rings (SSSR count). The van der Waals surface area contributed by atoms with E-state index in [4.69, 9.17) is 9.47 Å². The maximum absolute atomic E-state index is 11.2. The van der Waals surface area contributed by atoms with E-state index in [1.165, 1.54) is 7.05 Å². The molecule has 78 valence electrons. The highest BCUT2D eigenvalue weighted by Crippen LogP contribution is 2.33. The molecular weight excluding hydrogens is 170 g/mol. The highest BCUT2D eigenvalue weighted by Gasteiger charge is 2.42. The van der Waals surface area contributed by atoms with Crippen molar-refractivity contribution in [1.29, 1.82) is 0 Å². The lowest BCUT2D eigenvalue weighted by molar-refractivity contribution is -0.148. The lowest BCUT2D eigenvalue weighted by Gasteiger charge is -2.20. The predicted octanol–water partition coefficient (Wildman–Crippen LogP) is 0.551. The molecule has 0 aromatic rings. The van der Waals surface area contributed by atoms with Gasteiger partial charge in [-0.2, -0.15) is 0 Å². The Hall–Kier alpha value is -0.610. The third-order valence-electron chi connectivity index (χ3n) is 2.34. The summed E-state index contributed by atoms with van der Waals surface area (Å²) in [6.07, 6.45) is 1.61. The molecule has 4 nitrogen and oxygen atoms in total. The van der Waals surface area contributed by atoms with Crippen molar-refractivity contribution < 1.29 is 14.3 Å². The van der Waals surface area contributed by atoms with Crippen molar-refractivity contribution in [3.63, 3.8) is 0 Å². The Morgan fingerprint density at radius 1 is 1.62 bits per heavy atom. The molecule has 1 unspecified atom stereocenters. The first-order chi connectivity index (χ1) is 6.25. The summed E-state index contributed by atoms with van der Waals surface area (Å²) in [6, 6.07) is 0. The van der Waals surface area contributed by atoms with E-state index in [2.05, 4.69) is 5.73 Å². The van der Waals surface area contributed by atoms with Gasteiger partial charge in [-0.05, 0) is 19.9 Å². The first-order valence-corrected chi connectivity index (χ1v) is 4.49. The molecule has 0 aromatic heterocycles. The molecule has 0 radical (unpaired) electrons. The van der Waals surface area contributed by atoms with Crippen LogP contribution in [-0.4, -0.2) is 33.3 Å². The number of ether oxygens (including phenoxy) is 2. The van der Waals surface area contributed by atoms with Crippen LogP contribution in [0.15, 0.2) is 0 Å². The van der Waals surface area contributed by atoms with Gasteiger partial charge in [0.05, 0.1) is 18.6 Å². The second kappa shape index (κ2) is 5.94. The van der Waals surface area contributed by atoms with Crippen LogP contribution < -0.4 is 5.73 Å². The second-order valence-electron chi connectivity index (χ2n) is 2.95. The zero-order valence-electron chi connectivity index (χ0n) is 8.63. The number of carbonyl (C=O) groups excluding carboxylic acids is 1. The van der Waals surface area contributed by atoms with Gasteiger partial charge in [0.1, 0.15) is 0 Å². The number of carbonyl (C=O) groups is 1. The summed E-state index contributed by atoms with van der Waals surface area (Å²) < 4.78 is 9.88. The van der Waals surface area contributed by atoms with E-state index in [1.54, 1.807) is 7.11 Å². The maximum Gasteiger partial charge on any atom is 0.314 e. The Morgan fingerprint density at radius 2 is 2.23 bits per heavy atom. The molecule has 13 heavy (non-hydrogen) atoms. The van der Waals surface area contributed by atoms with Gasteiger partial charge in [-0.25, -0.2) is 0 Å². The van der Waals surface area contributed by atoms with E-state index >= 15 is 0 Å². The molecule has 0 bridgehead atoms. The largest absolute Gasteiger partial charge is 0.465 e. The molecule has 1 fully saturated rings. The minimum absolute atomic E-state index is 0.0955. The van der Waals surface area contributed by atoms with Gasteiger partial charge >= 0.3 is 5.97 Å². The van der Waals surface area contributed by atoms with E-state index in [0.717, 1.165) is 12.8 Å². The zero-order valence-corrected chi connectivity index (χ0v) is 8.63. The van der Waals surface area contributed by atoms with Crippen molar-refractivity contribution in [1.82, 2.24) is 0 Å². The number of methoxy groups -OCH3 is 1. The fourth-order valence-electron chi connectivity index (χ4n) is 1.42. The van der Waals surface area contributed by atoms with Gasteiger partial charge in [0.15, 0.2) is 0 Å². The summed E-state index contributed by atoms with van der Waals surface area (Å²) in [5.74, 6) is -0.0955. The Bertz CT molecular complexity index is 161. The average Bonchev–Trinajstić information content (AvgIpc) is 2.53. The van der Waals surface area contributed by atoms with E-state index in [-0.39, 0.29) is 11.4 Å². The summed E-state index contributed by atoms with van der Waals surface area (Å²) in [4.78, 5) is 11.2. The van der Waals surface area contributed by atoms with Crippen molar-refractivity contribution in [2.24, 2.45) is 11.1 Å². The topological polar surface area (TPSA) is 61.5 Å². The van der Waals surface area contributed by atoms with Crippen molar-refractivity contribution in [3.8, 4) is 0 Å². The van der Waals surface area contributed by atoms with Crippen molar-refractivity contribution >= 4 is 5.97 Å². The monoisotopic (exact) mass is 189 g/mol. The minimum Gasteiger partial charge on any atom is -0.465 e. The smallest absolute Gasteiger partial charge is 0.314 e. The van der Waals surface area contributed by atoms with E-state index in [1.807, 2.05) is 6.92 Å². The quantitative estimate of drug-likeness (QED) is 0.659. The molecule has 1 heterocycles. The van der Waals surface area contributed by atoms with Crippen LogP contribution in [0, 0.1) is 5.41 Å². The van der Waals surface area contributed by atoms with Crippen LogP contribution >= 0.6 is 0 Å². The van der Waals surface area contributed by atoms with Crippen LogP contribution in [-0.2, 0) is 14.3 Å². The molecule has 1 saturated heterocycles. The number of esters is 1. The Balaban J connectivity index is 0.000000671. The molecule has 0 amide bonds. The lowest BCUT2D eigenvalue weighted by Crippen LogP contribution is -2.30. The molecule has 0 aromatic carbocycles. The Morgan fingerprint density at radius 3 is 2.54 bits per heavy atom. The van der Waals surface area contributed by atoms with Gasteiger partial charge < -0.3 is 15.2 Å². The Kier molecular flexibility index (Phi) is 5.66. The van der Waals surface area contributed by atoms with Gasteiger partial charge in [0, 0.05) is 7.11 Å². The van der Waals surface area contributed by atoms with Crippen LogP contribution in [0.2, 0.25) is 0 Å². The number of nitrogens with two attached hydrogens (primary N) is 1. The van der Waals surface area contributed by atoms with Gasteiger partial charge in [-0.15, -0.1) is 0 Å². The highest BCUT2D eigenvalue weighted by atomic mass is 16.5. The van der Waals surface area contributed by atoms with Crippen LogP contribution in [0.4, 0.5) is 0 Å². The zero-order chi connectivity index (χ0) is 10.3. The fraction of sp³-hybridized carbons (Fsp3) is 0.889. The predicted molar refractivity (Wildman–Crippen MR) is 50.3 cm³/mol. The highest BCUT2D eigenvalue weighted by molar-refractivity contribution is 5.78. The minimum atomic E-state index is -0.339. The standard InChI is InChI=1S/C8H14O3.CH5N/c1-3-8(6-10-2)4-5-11-7(8)9;1-2/h3-6H2,1-2H3;2H2,1H3. The first kappa shape index (κ1) is 12.4. The first-order valence-electron chi connectivity index (χ1n) is 4.49. The van der Waals surface area contributed by atoms with Crippen molar-refractivity contribution in [2.75, 3.05) is 27.4 Å². The fourth-order valence-corrected chi connectivity index (χ4v) is 1.42. The number of rotatable bonds is 3. The molecular formula is C9H19NO3. The molecule has 4 heteroatoms. The molecule has 0 aliphatic carbocycles. The second-order valence-corrected chi connectivity index (χ2v) is 2.95. The molecule has 1 aliphatic heterocycles. The number of cyclic esters (lactones) is 1. The van der Waals surface area contributed by atoms with Gasteiger partial charge in [0.2, 0.25) is 0 Å². The summed E-state index contributed by atoms with van der Waals surface area (Å²) >= 11 is 0. The molecule has 0 spiro atoms. The number of hydrogen-bond donors (Lipinski definition) is 1. The van der Waals surface area contributed by atoms with Gasteiger partial charge in [-0.1, -0.05) is 6.92 Å². The van der Waals surface area contributed by atoms with Crippen LogP contribution in [0.5, 0.6) is 0 Å². The lowest BCUT2D eigenvalue weighted by atomic mass is 9.85. The summed E-state index contributed by atoms with van der Waals surface area (Å²) in [6.45, 7) is 3.03. The maximum atomic E-state index is 11.2. The molecule has 1 atom stereocenters. The van der Waals surface area contributed by atoms with Crippen molar-refractivity contribution in [3.05, 3.63) is 0 Å². The van der Waals surface area contributed by atoms with Gasteiger partial charge in [-0.3, -0.25) is 4.79 Å². The van der Waals surface area contributed by atoms with Crippen LogP contribution in [0.1, 0.15) is 19.8 Å². The third kappa shape index (κ3) is 2.67. The average molecular weight is 189 g/mol. The third-order valence-corrected chi connectivity index (χ3v) is 2.34. The van der Waals surface area contributed by atoms with Crippen LogP contribution in [0.3, 0.4) is 0 Å². The normalized spacial score (nSPS) is 26.3. The molecule has 0 saturated carbocycles. The van der Waals surface area contributed by atoms with Crippen LogP contribution in [0.25, 0.3) is 0 Å². The molecule has 2 N–H and O–H groups in total. The van der Waals surface area contributed by atoms with E-state index in [0.29, 0.717) is 13.2 Å². The summed E-state index contributed by atoms with van der Waals surface area (Å²) in [5, 5.41) is 0. The SMILES string of the molecule is CCC1(COC)CCOC1=O.CN. The molecule has 1 aliphatic rings. The number of hydrogen-bond acceptors (Lipinski definition) is 4. The Labute approximate surface area is 79.4 Å². The summed E-state index contributed by atoms with van der Waals surface area (Å²) in [5.41, 5.74) is 4.16. The van der Waals surface area contributed by atoms with Gasteiger partial charge in [0.25, 0.3) is 0 Å². The van der Waals surface area contributed by atoms with Crippen molar-refractivity contribution in [2.45, 2.75) is 19.8 Å².